The molecule has 1 N–H and O–H groups in total. The highest BCUT2D eigenvalue weighted by Crippen LogP contribution is 2.13. The zero-order chi connectivity index (χ0) is 11.4. The summed E-state index contributed by atoms with van der Waals surface area (Å²) in [6, 6.07) is 2.67. The number of hydrogen-bond donors (Lipinski definition) is 1. The Morgan fingerprint density at radius 1 is 1.50 bits per heavy atom. The van der Waals surface area contributed by atoms with E-state index in [0.29, 0.717) is 6.04 Å². The molecule has 16 heavy (non-hydrogen) atoms. The number of aromatic nitrogens is 2. The summed E-state index contributed by atoms with van der Waals surface area (Å²) in [6.45, 7) is 7.48. The van der Waals surface area contributed by atoms with Crippen LogP contribution >= 0.6 is 0 Å². The lowest BCUT2D eigenvalue weighted by Crippen LogP contribution is -2.49. The Morgan fingerprint density at radius 2 is 2.38 bits per heavy atom. The maximum atomic E-state index is 4.37. The molecule has 2 heterocycles. The summed E-state index contributed by atoms with van der Waals surface area (Å²) in [7, 11) is 0. The quantitative estimate of drug-likeness (QED) is 0.832. The third-order valence-corrected chi connectivity index (χ3v) is 2.91. The van der Waals surface area contributed by atoms with Crippen molar-refractivity contribution in [2.24, 2.45) is 0 Å². The fourth-order valence-corrected chi connectivity index (χ4v) is 2.09. The molecule has 0 saturated carbocycles. The minimum Gasteiger partial charge on any atom is -0.354 e. The van der Waals surface area contributed by atoms with Crippen molar-refractivity contribution in [2.75, 3.05) is 24.5 Å². The topological polar surface area (TPSA) is 41.0 Å². The summed E-state index contributed by atoms with van der Waals surface area (Å²) in [6.07, 6.45) is 3.86. The van der Waals surface area contributed by atoms with Crippen LogP contribution in [-0.4, -0.2) is 35.6 Å². The van der Waals surface area contributed by atoms with Gasteiger partial charge in [0.05, 0.1) is 0 Å². The van der Waals surface area contributed by atoms with Crippen molar-refractivity contribution in [3.05, 3.63) is 18.1 Å². The highest BCUT2D eigenvalue weighted by Gasteiger charge is 2.16. The second-order valence-electron chi connectivity index (χ2n) is 4.42. The predicted octanol–water partition coefficient (Wildman–Crippen LogP) is 1.23. The molecule has 1 aliphatic heterocycles. The van der Waals surface area contributed by atoms with Gasteiger partial charge in [0.15, 0.2) is 0 Å². The van der Waals surface area contributed by atoms with Gasteiger partial charge >= 0.3 is 0 Å². The van der Waals surface area contributed by atoms with Crippen molar-refractivity contribution in [2.45, 2.75) is 32.7 Å². The van der Waals surface area contributed by atoms with Gasteiger partial charge in [-0.05, 0) is 13.3 Å². The molecule has 88 valence electrons. The van der Waals surface area contributed by atoms with Crippen LogP contribution < -0.4 is 10.2 Å². The molecule has 1 unspecified atom stereocenters. The van der Waals surface area contributed by atoms with E-state index in [1.165, 1.54) is 0 Å². The minimum absolute atomic E-state index is 0.540. The maximum absolute atomic E-state index is 4.37. The Morgan fingerprint density at radius 3 is 3.12 bits per heavy atom. The van der Waals surface area contributed by atoms with E-state index in [1.54, 1.807) is 6.33 Å². The minimum atomic E-state index is 0.540. The molecular weight excluding hydrogens is 200 g/mol. The first-order valence-electron chi connectivity index (χ1n) is 6.09. The number of piperazine rings is 1. The van der Waals surface area contributed by atoms with E-state index in [-0.39, 0.29) is 0 Å². The molecule has 0 bridgehead atoms. The predicted molar refractivity (Wildman–Crippen MR) is 65.7 cm³/mol. The van der Waals surface area contributed by atoms with E-state index in [1.807, 2.05) is 0 Å². The lowest BCUT2D eigenvalue weighted by molar-refractivity contribution is 0.482. The van der Waals surface area contributed by atoms with Crippen LogP contribution in [0.4, 0.5) is 5.82 Å². The van der Waals surface area contributed by atoms with Gasteiger partial charge < -0.3 is 10.2 Å². The molecule has 0 aliphatic carbocycles. The van der Waals surface area contributed by atoms with Gasteiger partial charge in [0.25, 0.3) is 0 Å². The van der Waals surface area contributed by atoms with Crippen LogP contribution in [0.5, 0.6) is 0 Å². The number of rotatable bonds is 3. The summed E-state index contributed by atoms with van der Waals surface area (Å²) in [5, 5.41) is 3.44. The Hall–Kier alpha value is -1.16. The summed E-state index contributed by atoms with van der Waals surface area (Å²) >= 11 is 0. The molecule has 0 aromatic carbocycles. The largest absolute Gasteiger partial charge is 0.354 e. The zero-order valence-corrected chi connectivity index (χ0v) is 10.1. The van der Waals surface area contributed by atoms with Gasteiger partial charge in [-0.1, -0.05) is 13.3 Å². The van der Waals surface area contributed by atoms with Crippen LogP contribution in [-0.2, 0) is 6.42 Å². The average Bonchev–Trinajstić information content (AvgIpc) is 2.30. The highest BCUT2D eigenvalue weighted by molar-refractivity contribution is 5.39. The number of aryl methyl sites for hydroxylation is 1. The Labute approximate surface area is 97.1 Å². The van der Waals surface area contributed by atoms with Crippen molar-refractivity contribution >= 4 is 5.82 Å². The molecule has 1 aromatic rings. The third-order valence-electron chi connectivity index (χ3n) is 2.91. The van der Waals surface area contributed by atoms with Crippen molar-refractivity contribution in [3.63, 3.8) is 0 Å². The lowest BCUT2D eigenvalue weighted by atomic mass is 10.2. The molecule has 0 amide bonds. The molecule has 0 spiro atoms. The van der Waals surface area contributed by atoms with Crippen molar-refractivity contribution < 1.29 is 0 Å². The van der Waals surface area contributed by atoms with Crippen molar-refractivity contribution in [3.8, 4) is 0 Å². The Kier molecular flexibility index (Phi) is 3.72. The normalized spacial score (nSPS) is 21.1. The van der Waals surface area contributed by atoms with E-state index in [9.17, 15) is 0 Å². The molecule has 1 saturated heterocycles. The van der Waals surface area contributed by atoms with E-state index in [0.717, 1.165) is 44.0 Å². The lowest BCUT2D eigenvalue weighted by Gasteiger charge is -2.32. The van der Waals surface area contributed by atoms with Gasteiger partial charge in [-0.3, -0.25) is 0 Å². The standard InChI is InChI=1S/C12H20N4/c1-3-4-11-7-12(15-9-14-11)16-6-5-13-10(2)8-16/h7,9-10,13H,3-6,8H2,1-2H3. The van der Waals surface area contributed by atoms with Crippen LogP contribution in [0.15, 0.2) is 12.4 Å². The fraction of sp³-hybridized carbons (Fsp3) is 0.667. The second kappa shape index (κ2) is 5.25. The number of hydrogen-bond acceptors (Lipinski definition) is 4. The van der Waals surface area contributed by atoms with Crippen LogP contribution in [0, 0.1) is 0 Å². The van der Waals surface area contributed by atoms with Crippen LogP contribution in [0.1, 0.15) is 26.0 Å². The van der Waals surface area contributed by atoms with Crippen LogP contribution in [0.3, 0.4) is 0 Å². The van der Waals surface area contributed by atoms with Crippen LogP contribution in [0.2, 0.25) is 0 Å². The Bertz CT molecular complexity index is 340. The molecule has 2 rings (SSSR count). The number of anilines is 1. The monoisotopic (exact) mass is 220 g/mol. The maximum Gasteiger partial charge on any atom is 0.132 e. The van der Waals surface area contributed by atoms with Crippen molar-refractivity contribution in [1.29, 1.82) is 0 Å². The SMILES string of the molecule is CCCc1cc(N2CCNC(C)C2)ncn1. The highest BCUT2D eigenvalue weighted by atomic mass is 15.2. The molecule has 4 nitrogen and oxygen atoms in total. The zero-order valence-electron chi connectivity index (χ0n) is 10.1. The third kappa shape index (κ3) is 2.70. The molecule has 1 atom stereocenters. The van der Waals surface area contributed by atoms with Gasteiger partial charge in [0.1, 0.15) is 12.1 Å². The number of nitrogens with zero attached hydrogens (tertiary/aromatic N) is 3. The molecular formula is C12H20N4. The summed E-state index contributed by atoms with van der Waals surface area (Å²) < 4.78 is 0. The second-order valence-corrected chi connectivity index (χ2v) is 4.42. The molecule has 0 radical (unpaired) electrons. The van der Waals surface area contributed by atoms with E-state index >= 15 is 0 Å². The first kappa shape index (κ1) is 11.3. The van der Waals surface area contributed by atoms with Crippen LogP contribution in [0.25, 0.3) is 0 Å². The van der Waals surface area contributed by atoms with Crippen molar-refractivity contribution in [1.82, 2.24) is 15.3 Å². The Balaban J connectivity index is 2.09. The summed E-state index contributed by atoms with van der Waals surface area (Å²) in [5.74, 6) is 1.08. The van der Waals surface area contributed by atoms with Gasteiger partial charge in [-0.15, -0.1) is 0 Å². The van der Waals surface area contributed by atoms with Gasteiger partial charge in [0, 0.05) is 37.4 Å². The first-order chi connectivity index (χ1) is 7.79. The molecule has 4 heteroatoms. The van der Waals surface area contributed by atoms with E-state index in [4.69, 9.17) is 0 Å². The van der Waals surface area contributed by atoms with Gasteiger partial charge in [-0.2, -0.15) is 0 Å². The van der Waals surface area contributed by atoms with E-state index in [2.05, 4.69) is 40.1 Å². The average molecular weight is 220 g/mol. The smallest absolute Gasteiger partial charge is 0.132 e. The van der Waals surface area contributed by atoms with E-state index < -0.39 is 0 Å². The molecule has 1 aliphatic rings. The fourth-order valence-electron chi connectivity index (χ4n) is 2.09. The van der Waals surface area contributed by atoms with Gasteiger partial charge in [-0.25, -0.2) is 9.97 Å². The molecule has 1 fully saturated rings. The van der Waals surface area contributed by atoms with Gasteiger partial charge in [0.2, 0.25) is 0 Å². The summed E-state index contributed by atoms with van der Waals surface area (Å²) in [5.41, 5.74) is 1.15. The molecule has 1 aromatic heterocycles. The first-order valence-corrected chi connectivity index (χ1v) is 6.09. The number of nitrogens with one attached hydrogen (secondary N) is 1. The summed E-state index contributed by atoms with van der Waals surface area (Å²) in [4.78, 5) is 11.0.